The quantitative estimate of drug-likeness (QED) is 0.283. The van der Waals surface area contributed by atoms with E-state index in [4.69, 9.17) is 10.5 Å². The Labute approximate surface area is 205 Å². The van der Waals surface area contributed by atoms with Gasteiger partial charge in [-0.3, -0.25) is 5.21 Å². The van der Waals surface area contributed by atoms with Gasteiger partial charge in [-0.2, -0.15) is 26.3 Å². The number of alkyl halides is 6. The molecule has 3 aliphatic heterocycles. The molecule has 2 fully saturated rings. The number of benzene rings is 1. The van der Waals surface area contributed by atoms with Crippen molar-refractivity contribution in [3.05, 3.63) is 47.3 Å². The summed E-state index contributed by atoms with van der Waals surface area (Å²) in [6, 6.07) is -3.01. The van der Waals surface area contributed by atoms with E-state index in [2.05, 4.69) is 16.9 Å². The van der Waals surface area contributed by atoms with E-state index < -0.39 is 77.1 Å². The van der Waals surface area contributed by atoms with Crippen molar-refractivity contribution in [3.8, 4) is 0 Å². The number of ether oxygens (including phenoxy) is 1. The lowest BCUT2D eigenvalue weighted by Gasteiger charge is -2.52. The van der Waals surface area contributed by atoms with Gasteiger partial charge in [-0.25, -0.2) is 14.9 Å². The van der Waals surface area contributed by atoms with Crippen molar-refractivity contribution >= 4 is 11.9 Å². The van der Waals surface area contributed by atoms with Gasteiger partial charge in [-0.1, -0.05) is 6.58 Å². The van der Waals surface area contributed by atoms with Gasteiger partial charge in [0.25, 0.3) is 0 Å². The lowest BCUT2D eigenvalue weighted by molar-refractivity contribution is -0.240. The van der Waals surface area contributed by atoms with Crippen molar-refractivity contribution in [1.82, 2.24) is 15.3 Å². The number of carbonyl (C=O) groups excluding carboxylic acids is 1. The van der Waals surface area contributed by atoms with Gasteiger partial charge in [0.05, 0.1) is 35.4 Å². The van der Waals surface area contributed by atoms with E-state index in [1.165, 1.54) is 6.92 Å². The minimum atomic E-state index is -5.20. The number of nitrogens with one attached hydrogen (secondary N) is 1. The van der Waals surface area contributed by atoms with Gasteiger partial charge >= 0.3 is 18.3 Å². The molecule has 4 rings (SSSR count). The van der Waals surface area contributed by atoms with Crippen LogP contribution >= 0.6 is 0 Å². The van der Waals surface area contributed by atoms with Crippen LogP contribution in [0.5, 0.6) is 0 Å². The topological polar surface area (TPSA) is 144 Å². The molecule has 0 saturated carbocycles. The Hall–Kier alpha value is -3.24. The van der Waals surface area contributed by atoms with Crippen molar-refractivity contribution in [1.29, 1.82) is 0 Å². The maximum atomic E-state index is 13.6. The molecule has 2 unspecified atom stereocenters. The van der Waals surface area contributed by atoms with E-state index in [1.807, 2.05) is 0 Å². The van der Waals surface area contributed by atoms with Crippen LogP contribution in [-0.2, 0) is 17.1 Å². The number of hydrogen-bond donors (Lipinski definition) is 5. The molecule has 204 valence electrons. The summed E-state index contributed by atoms with van der Waals surface area (Å²) in [5.74, 6) is -2.27. The summed E-state index contributed by atoms with van der Waals surface area (Å²) in [7, 11) is 0. The van der Waals surface area contributed by atoms with E-state index in [0.717, 1.165) is 11.8 Å². The standard InChI is InChI=1S/C21H23F6N5O5/c1-8-15(37-16(34)11-6-10(20(22,23)24)4-5-12(11)21(25,26)27)18(3,35)19-14(29-9(2)32(19)36)13(7-33)30-17(28)31(8)19/h4-6,8,13-15,29,33,35-36H,2,7H2,1,3H3,(H2,28,30)/t8-,13-,14?,15-,18-,19?/m0/s1. The van der Waals surface area contributed by atoms with Crippen LogP contribution in [0.15, 0.2) is 35.6 Å². The first-order valence-electron chi connectivity index (χ1n) is 10.8. The van der Waals surface area contributed by atoms with E-state index in [9.17, 15) is 46.6 Å². The fraction of sp³-hybridized carbons (Fsp3) is 0.524. The predicted molar refractivity (Wildman–Crippen MR) is 112 cm³/mol. The molecule has 16 heteroatoms. The SMILES string of the molecule is C=C1NC2[C@H](CO)N=C(N)N3[C@@H](C)[C@H](OC(=O)c4cc(C(F)(F)F)ccc4C(F)(F)F)[C@](C)(O)C23N1O. The number of hydrogen-bond acceptors (Lipinski definition) is 10. The van der Waals surface area contributed by atoms with Gasteiger partial charge in [0.2, 0.25) is 0 Å². The third kappa shape index (κ3) is 3.60. The Morgan fingerprint density at radius 2 is 1.89 bits per heavy atom. The first-order chi connectivity index (χ1) is 16.9. The number of aliphatic hydroxyl groups is 2. The molecule has 2 saturated heterocycles. The molecule has 37 heavy (non-hydrogen) atoms. The second-order valence-corrected chi connectivity index (χ2v) is 9.18. The Morgan fingerprint density at radius 1 is 1.27 bits per heavy atom. The highest BCUT2D eigenvalue weighted by Gasteiger charge is 2.77. The number of rotatable bonds is 3. The third-order valence-electron chi connectivity index (χ3n) is 7.07. The summed E-state index contributed by atoms with van der Waals surface area (Å²) in [5, 5.41) is 35.7. The van der Waals surface area contributed by atoms with Gasteiger partial charge in [-0.05, 0) is 32.0 Å². The van der Waals surface area contributed by atoms with Gasteiger partial charge in [0.15, 0.2) is 17.7 Å². The highest BCUT2D eigenvalue weighted by molar-refractivity contribution is 5.92. The molecular weight excluding hydrogens is 516 g/mol. The number of hydroxylamine groups is 2. The third-order valence-corrected chi connectivity index (χ3v) is 7.07. The number of aliphatic hydroxyl groups excluding tert-OH is 1. The molecule has 0 aromatic heterocycles. The second kappa shape index (κ2) is 8.13. The van der Waals surface area contributed by atoms with E-state index >= 15 is 0 Å². The summed E-state index contributed by atoms with van der Waals surface area (Å²) in [5.41, 5.74) is -2.94. The summed E-state index contributed by atoms with van der Waals surface area (Å²) in [6.07, 6.45) is -12.0. The van der Waals surface area contributed by atoms with Crippen LogP contribution in [0, 0.1) is 0 Å². The van der Waals surface area contributed by atoms with E-state index in [0.29, 0.717) is 5.06 Å². The molecular formula is C21H23F6N5O5. The van der Waals surface area contributed by atoms with Crippen molar-refractivity contribution < 1.29 is 51.3 Å². The normalized spacial score (nSPS) is 33.6. The Kier molecular flexibility index (Phi) is 5.89. The molecule has 6 atom stereocenters. The molecule has 1 spiro atoms. The predicted octanol–water partition coefficient (Wildman–Crippen LogP) is 1.22. The van der Waals surface area contributed by atoms with Crippen LogP contribution < -0.4 is 11.1 Å². The second-order valence-electron chi connectivity index (χ2n) is 9.18. The number of nitrogens with two attached hydrogens (primary N) is 1. The average Bonchev–Trinajstić information content (AvgIpc) is 3.15. The van der Waals surface area contributed by atoms with Crippen LogP contribution in [0.4, 0.5) is 26.3 Å². The van der Waals surface area contributed by atoms with Gasteiger partial charge in [-0.15, -0.1) is 0 Å². The lowest BCUT2D eigenvalue weighted by atomic mass is 9.79. The maximum Gasteiger partial charge on any atom is 0.417 e. The zero-order valence-electron chi connectivity index (χ0n) is 19.3. The smallest absolute Gasteiger partial charge is 0.417 e. The van der Waals surface area contributed by atoms with Gasteiger partial charge in [0.1, 0.15) is 17.5 Å². The van der Waals surface area contributed by atoms with E-state index in [1.54, 1.807) is 0 Å². The van der Waals surface area contributed by atoms with E-state index in [-0.39, 0.29) is 30.0 Å². The van der Waals surface area contributed by atoms with Gasteiger partial charge < -0.3 is 30.9 Å². The first kappa shape index (κ1) is 26.8. The fourth-order valence-corrected chi connectivity index (χ4v) is 5.56. The molecule has 0 aliphatic carbocycles. The summed E-state index contributed by atoms with van der Waals surface area (Å²) in [4.78, 5) is 18.3. The highest BCUT2D eigenvalue weighted by atomic mass is 19.4. The molecule has 10 nitrogen and oxygen atoms in total. The van der Waals surface area contributed by atoms with Crippen LogP contribution in [0.1, 0.15) is 35.3 Å². The largest absolute Gasteiger partial charge is 0.453 e. The minimum absolute atomic E-state index is 0.0167. The molecule has 0 bridgehead atoms. The number of aliphatic imine (C=N–C) groups is 1. The average molecular weight is 539 g/mol. The summed E-state index contributed by atoms with van der Waals surface area (Å²) >= 11 is 0. The first-order valence-corrected chi connectivity index (χ1v) is 10.8. The monoisotopic (exact) mass is 539 g/mol. The number of esters is 1. The molecule has 6 N–H and O–H groups in total. The zero-order valence-corrected chi connectivity index (χ0v) is 19.3. The van der Waals surface area contributed by atoms with Crippen molar-refractivity contribution in [2.24, 2.45) is 10.7 Å². The number of nitrogens with zero attached hydrogens (tertiary/aromatic N) is 3. The number of carbonyl (C=O) groups is 1. The van der Waals surface area contributed by atoms with Crippen molar-refractivity contribution in [2.45, 2.75) is 61.7 Å². The number of halogens is 6. The van der Waals surface area contributed by atoms with Crippen molar-refractivity contribution in [3.63, 3.8) is 0 Å². The molecule has 1 aromatic rings. The molecule has 1 aromatic carbocycles. The molecule has 0 amide bonds. The summed E-state index contributed by atoms with van der Waals surface area (Å²) in [6.45, 7) is 5.46. The Morgan fingerprint density at radius 3 is 2.43 bits per heavy atom. The Bertz CT molecular complexity index is 1170. The molecule has 3 heterocycles. The Balaban J connectivity index is 1.81. The highest BCUT2D eigenvalue weighted by Crippen LogP contribution is 2.53. The maximum absolute atomic E-state index is 13.6. The molecule has 3 aliphatic rings. The van der Waals surface area contributed by atoms with Crippen LogP contribution in [-0.4, -0.2) is 79.4 Å². The lowest BCUT2D eigenvalue weighted by Crippen LogP contribution is -2.76. The van der Waals surface area contributed by atoms with Crippen LogP contribution in [0.3, 0.4) is 0 Å². The van der Waals surface area contributed by atoms with Crippen molar-refractivity contribution in [2.75, 3.05) is 6.61 Å². The zero-order chi connectivity index (χ0) is 27.9. The van der Waals surface area contributed by atoms with Crippen LogP contribution in [0.25, 0.3) is 0 Å². The van der Waals surface area contributed by atoms with Crippen LogP contribution in [0.2, 0.25) is 0 Å². The molecule has 0 radical (unpaired) electrons. The number of guanidine groups is 1. The summed E-state index contributed by atoms with van der Waals surface area (Å²) < 4.78 is 85.6. The fourth-order valence-electron chi connectivity index (χ4n) is 5.56. The minimum Gasteiger partial charge on any atom is -0.453 e. The van der Waals surface area contributed by atoms with Gasteiger partial charge in [0, 0.05) is 0 Å².